The molecule has 6 saturated heterocycles. The Kier molecular flexibility index (Phi) is 32.4. The van der Waals surface area contributed by atoms with E-state index >= 15 is 0 Å². The van der Waals surface area contributed by atoms with Crippen LogP contribution in [0.3, 0.4) is 0 Å². The Morgan fingerprint density at radius 1 is 0.464 bits per heavy atom. The van der Waals surface area contributed by atoms with E-state index in [1.807, 2.05) is 20.8 Å². The fourth-order valence-electron chi connectivity index (χ4n) is 12.7. The summed E-state index contributed by atoms with van der Waals surface area (Å²) in [6.45, 7) is 6.35. The number of carbonyl (C=O) groups excluding carboxylic acids is 6. The monoisotopic (exact) mass is 1440 g/mol. The number of amides is 6. The number of hydrogen-bond donors (Lipinski definition) is 15. The van der Waals surface area contributed by atoms with Crippen molar-refractivity contribution >= 4 is 63.2 Å². The van der Waals surface area contributed by atoms with Crippen LogP contribution >= 0.6 is 15.1 Å². The first-order chi connectivity index (χ1) is 45.7. The molecule has 6 amide bonds. The fourth-order valence-corrected chi connectivity index (χ4v) is 14.9. The number of likely N-dealkylation sites (tertiary alicyclic amines) is 3. The van der Waals surface area contributed by atoms with Crippen LogP contribution in [0.15, 0.2) is 0 Å². The maximum Gasteiger partial charge on any atom is 0.248 e. The van der Waals surface area contributed by atoms with E-state index in [0.717, 1.165) is 0 Å². The molecule has 17 unspecified atom stereocenters. The molecule has 0 saturated carbocycles. The van der Waals surface area contributed by atoms with Crippen molar-refractivity contribution in [2.75, 3.05) is 79.1 Å². The van der Waals surface area contributed by atoms with Gasteiger partial charge in [-0.2, -0.15) is 0 Å². The first kappa shape index (κ1) is 82.5. The highest BCUT2D eigenvalue weighted by molar-refractivity contribution is 7.58. The first-order valence-electron chi connectivity index (χ1n) is 33.0. The molecule has 6 fully saturated rings. The summed E-state index contributed by atoms with van der Waals surface area (Å²) in [6, 6.07) is -5.61. The van der Waals surface area contributed by atoms with Crippen molar-refractivity contribution in [1.82, 2.24) is 30.7 Å². The third-order valence-electron chi connectivity index (χ3n) is 17.3. The number of nitrogens with zero attached hydrogens (tertiary/aromatic N) is 3. The Morgan fingerprint density at radius 2 is 0.763 bits per heavy atom. The molecule has 0 aromatic carbocycles. The molecule has 6 heterocycles. The zero-order chi connectivity index (χ0) is 71.7. The zero-order valence-corrected chi connectivity index (χ0v) is 57.8. The lowest BCUT2D eigenvalue weighted by Crippen LogP contribution is -2.64. The van der Waals surface area contributed by atoms with Crippen LogP contribution in [0.4, 0.5) is 0 Å². The first-order valence-corrected chi connectivity index (χ1v) is 36.5. The van der Waals surface area contributed by atoms with Crippen LogP contribution in [-0.2, 0) is 80.0 Å². The summed E-state index contributed by atoms with van der Waals surface area (Å²) in [6.07, 6.45) is -8.63. The van der Waals surface area contributed by atoms with Crippen molar-refractivity contribution in [3.05, 3.63) is 0 Å². The maximum absolute atomic E-state index is 14.2. The van der Waals surface area contributed by atoms with Crippen LogP contribution in [-0.4, -0.2) is 337 Å². The van der Waals surface area contributed by atoms with Gasteiger partial charge >= 0.3 is 0 Å². The third kappa shape index (κ3) is 24.6. The number of nitrogens with one attached hydrogen (secondary N) is 3. The summed E-state index contributed by atoms with van der Waals surface area (Å²) >= 11 is 0. The Balaban J connectivity index is 1.05. The van der Waals surface area contributed by atoms with E-state index in [1.165, 1.54) is 30.6 Å². The molecule has 23 atom stereocenters. The molecule has 6 aliphatic heterocycles. The minimum Gasteiger partial charge on any atom is -0.394 e. The van der Waals surface area contributed by atoms with E-state index in [1.54, 1.807) is 4.90 Å². The van der Waals surface area contributed by atoms with Gasteiger partial charge < -0.3 is 143 Å². The number of unbranched alkanes of at least 4 members (excludes halogenated alkanes) is 3. The SMILES string of the molecule is C=P(O)(OC[C@@H]1C[C@@H](OP(=C)(O)OC[C@@H]2C[C@@H](OC(C)(C)C)CN2C(=O)CCCCOC2OC(CO)C(O)C(O)C2NC(C)=O)CN1C(=O)CCCCOC1OC(CO)C(O)C(O)C1NC(C)=O)O[C@@H]1C[C@@H](CO)N(C(=O)CCCCOC2OC(CO)C(O)C(O)C2NC(C)=O)C1. The van der Waals surface area contributed by atoms with E-state index < -0.39 is 199 Å². The van der Waals surface area contributed by atoms with Crippen LogP contribution in [0.5, 0.6) is 0 Å². The quantitative estimate of drug-likeness (QED) is 0.0208. The predicted octanol–water partition coefficient (Wildman–Crippen LogP) is -4.47. The lowest BCUT2D eigenvalue weighted by atomic mass is 9.97. The van der Waals surface area contributed by atoms with Gasteiger partial charge in [0.25, 0.3) is 0 Å². The summed E-state index contributed by atoms with van der Waals surface area (Å²) < 4.78 is 64.8. The van der Waals surface area contributed by atoms with Crippen molar-refractivity contribution in [1.29, 1.82) is 0 Å². The Bertz CT molecular complexity index is 2640. The second-order valence-corrected chi connectivity index (χ2v) is 29.9. The molecule has 0 aliphatic carbocycles. The normalized spacial score (nSPS) is 34.5. The van der Waals surface area contributed by atoms with Crippen molar-refractivity contribution < 1.29 is 141 Å². The molecule has 6 aliphatic rings. The highest BCUT2D eigenvalue weighted by Crippen LogP contribution is 2.49. The summed E-state index contributed by atoms with van der Waals surface area (Å²) in [5.74, 6) is -2.58. The Morgan fingerprint density at radius 3 is 1.06 bits per heavy atom. The molecular formula is C60H106N6O29P2. The van der Waals surface area contributed by atoms with Gasteiger partial charge in [-0.15, -0.1) is 0 Å². The molecule has 6 rings (SSSR count). The summed E-state index contributed by atoms with van der Waals surface area (Å²) in [5.41, 5.74) is -0.588. The highest BCUT2D eigenvalue weighted by Gasteiger charge is 2.49. The van der Waals surface area contributed by atoms with Crippen LogP contribution in [0.25, 0.3) is 0 Å². The summed E-state index contributed by atoms with van der Waals surface area (Å²) in [5, 5.41) is 110. The molecule has 35 nitrogen and oxygen atoms in total. The smallest absolute Gasteiger partial charge is 0.248 e. The number of ether oxygens (including phenoxy) is 7. The van der Waals surface area contributed by atoms with Gasteiger partial charge in [-0.25, -0.2) is 0 Å². The Labute approximate surface area is 564 Å². The van der Waals surface area contributed by atoms with Crippen LogP contribution in [0.1, 0.15) is 119 Å². The molecule has 37 heteroatoms. The second kappa shape index (κ2) is 38.1. The number of aliphatic hydroxyl groups is 10. The van der Waals surface area contributed by atoms with Crippen LogP contribution in [0.2, 0.25) is 0 Å². The zero-order valence-electron chi connectivity index (χ0n) is 56.1. The Hall–Kier alpha value is -3.50. The lowest BCUT2D eigenvalue weighted by Gasteiger charge is -2.42. The minimum atomic E-state index is -4.01. The van der Waals surface area contributed by atoms with Crippen LogP contribution < -0.4 is 16.0 Å². The van der Waals surface area contributed by atoms with Gasteiger partial charge in [0.15, 0.2) is 18.9 Å². The average molecular weight is 1440 g/mol. The fraction of sp³-hybridized carbons (Fsp3) is 0.867. The molecule has 0 radical (unpaired) electrons. The van der Waals surface area contributed by atoms with Crippen molar-refractivity contribution in [3.63, 3.8) is 0 Å². The molecule has 15 N–H and O–H groups in total. The number of hydrogen-bond acceptors (Lipinski definition) is 29. The topological polar surface area (TPSA) is 493 Å². The third-order valence-corrected chi connectivity index (χ3v) is 19.7. The summed E-state index contributed by atoms with van der Waals surface area (Å²) in [7, 11) is -8.03. The number of aliphatic hydroxyl groups excluding tert-OH is 10. The summed E-state index contributed by atoms with van der Waals surface area (Å²) in [4.78, 5) is 105. The molecule has 0 spiro atoms. The van der Waals surface area contributed by atoms with Crippen molar-refractivity contribution in [2.24, 2.45) is 0 Å². The molecular weight excluding hydrogens is 1330 g/mol. The predicted molar refractivity (Wildman–Crippen MR) is 342 cm³/mol. The van der Waals surface area contributed by atoms with Gasteiger partial charge in [-0.3, -0.25) is 28.8 Å². The van der Waals surface area contributed by atoms with E-state index in [0.29, 0.717) is 32.1 Å². The van der Waals surface area contributed by atoms with Gasteiger partial charge in [0.2, 0.25) is 50.6 Å². The molecule has 0 aromatic heterocycles. The van der Waals surface area contributed by atoms with Gasteiger partial charge in [0.05, 0.1) is 81.7 Å². The second-order valence-electron chi connectivity index (χ2n) is 26.4. The highest BCUT2D eigenvalue weighted by atomic mass is 31.2. The molecule has 0 bridgehead atoms. The molecule has 97 heavy (non-hydrogen) atoms. The average Bonchev–Trinajstić information content (AvgIpc) is 1.76. The minimum absolute atomic E-state index is 0.00275. The van der Waals surface area contributed by atoms with Gasteiger partial charge in [-0.05, 0) is 91.2 Å². The van der Waals surface area contributed by atoms with E-state index in [9.17, 15) is 89.6 Å². The van der Waals surface area contributed by atoms with E-state index in [-0.39, 0.29) is 109 Å². The van der Waals surface area contributed by atoms with Crippen molar-refractivity contribution in [2.45, 2.75) is 253 Å². The largest absolute Gasteiger partial charge is 0.394 e. The number of rotatable bonds is 36. The lowest BCUT2D eigenvalue weighted by molar-refractivity contribution is -0.270. The molecule has 560 valence electrons. The van der Waals surface area contributed by atoms with Crippen molar-refractivity contribution in [3.8, 4) is 0 Å². The molecule has 0 aromatic rings. The van der Waals surface area contributed by atoms with Gasteiger partial charge in [0.1, 0.15) is 73.1 Å². The van der Waals surface area contributed by atoms with E-state index in [2.05, 4.69) is 28.5 Å². The van der Waals surface area contributed by atoms with Crippen LogP contribution in [0, 0.1) is 0 Å². The maximum atomic E-state index is 14.2. The van der Waals surface area contributed by atoms with Gasteiger partial charge in [0, 0.05) is 79.5 Å². The number of carbonyl (C=O) groups is 6. The van der Waals surface area contributed by atoms with E-state index in [4.69, 9.17) is 51.3 Å². The van der Waals surface area contributed by atoms with Gasteiger partial charge in [-0.1, -0.05) is 0 Å². The standard InChI is InChI=1S/C60H106N6O29P2/c1-33(71)61-48-54(80)51(77)42(28-68)90-57(48)85-18-12-9-15-45(74)64-25-40(21-36(64)27-67)94-96(7,83)89-32-38-23-41(26-66(38)47(76)17-11-14-20-87-59-50(63-35(3)73)56(82)53(79)44(30-70)92-59)95-97(8,84)88-31-37-22-39(93-60(4,5)6)24-65(37)46(75)16-10-13-19-86-58-49(62-34(2)72)55(81)52(78)43(29-69)91-58/h36-44,48-59,67-70,77-84H,7-32H2,1-6H3,(H,61,71)(H,62,72)(H,63,73)/t36-,37-,38-,39+,40+,41+,42?,43?,44?,48?,49?,50?,51?,52?,53?,54?,55?,56?,57?,58?,59?,96?,97?/m0/s1.